The van der Waals surface area contributed by atoms with Gasteiger partial charge in [-0.15, -0.1) is 0 Å². The van der Waals surface area contributed by atoms with Gasteiger partial charge in [0.15, 0.2) is 5.13 Å². The van der Waals surface area contributed by atoms with Gasteiger partial charge in [-0.1, -0.05) is 47.7 Å². The summed E-state index contributed by atoms with van der Waals surface area (Å²) in [5.74, 6) is -0.260. The molecule has 0 aliphatic carbocycles. The maximum absolute atomic E-state index is 13.2. The minimum absolute atomic E-state index is 0.260. The van der Waals surface area contributed by atoms with Crippen LogP contribution in [0.15, 0.2) is 60.7 Å². The first kappa shape index (κ1) is 12.3. The van der Waals surface area contributed by atoms with Crippen molar-refractivity contribution in [3.05, 3.63) is 66.5 Å². The third-order valence-corrected chi connectivity index (χ3v) is 4.33. The third kappa shape index (κ3) is 2.23. The van der Waals surface area contributed by atoms with Crippen molar-refractivity contribution in [3.8, 4) is 0 Å². The van der Waals surface area contributed by atoms with Gasteiger partial charge in [0.1, 0.15) is 5.82 Å². The monoisotopic (exact) mass is 294 g/mol. The lowest BCUT2D eigenvalue weighted by molar-refractivity contribution is 0.629. The van der Waals surface area contributed by atoms with Crippen LogP contribution in [0.1, 0.15) is 0 Å². The molecule has 3 aromatic carbocycles. The number of fused-ring (bicyclic) bond motifs is 2. The van der Waals surface area contributed by atoms with Gasteiger partial charge in [0.05, 0.1) is 10.2 Å². The van der Waals surface area contributed by atoms with Crippen molar-refractivity contribution in [3.63, 3.8) is 0 Å². The summed E-state index contributed by atoms with van der Waals surface area (Å²) in [5, 5.41) is 6.43. The van der Waals surface area contributed by atoms with Crippen molar-refractivity contribution in [2.45, 2.75) is 0 Å². The fourth-order valence-electron chi connectivity index (χ4n) is 2.40. The molecular formula is C17H11FN2S. The third-order valence-electron chi connectivity index (χ3n) is 3.38. The molecule has 102 valence electrons. The average molecular weight is 294 g/mol. The molecular weight excluding hydrogens is 283 g/mol. The Balaban J connectivity index is 1.79. The van der Waals surface area contributed by atoms with Gasteiger partial charge in [0.25, 0.3) is 0 Å². The molecule has 0 fully saturated rings. The second kappa shape index (κ2) is 4.82. The summed E-state index contributed by atoms with van der Waals surface area (Å²) in [6.07, 6.45) is 0. The number of rotatable bonds is 2. The van der Waals surface area contributed by atoms with Crippen LogP contribution in [0.4, 0.5) is 15.2 Å². The highest BCUT2D eigenvalue weighted by Crippen LogP contribution is 2.31. The van der Waals surface area contributed by atoms with Crippen molar-refractivity contribution in [2.24, 2.45) is 0 Å². The quantitative estimate of drug-likeness (QED) is 0.540. The molecule has 4 rings (SSSR count). The average Bonchev–Trinajstić information content (AvgIpc) is 2.89. The van der Waals surface area contributed by atoms with Gasteiger partial charge in [-0.25, -0.2) is 9.37 Å². The van der Waals surface area contributed by atoms with Gasteiger partial charge < -0.3 is 5.32 Å². The van der Waals surface area contributed by atoms with Crippen LogP contribution in [0.25, 0.3) is 21.0 Å². The Hall–Kier alpha value is -2.46. The van der Waals surface area contributed by atoms with E-state index in [1.165, 1.54) is 28.9 Å². The van der Waals surface area contributed by atoms with Crippen LogP contribution >= 0.6 is 11.3 Å². The number of hydrogen-bond acceptors (Lipinski definition) is 3. The van der Waals surface area contributed by atoms with Crippen molar-refractivity contribution in [1.29, 1.82) is 0 Å². The molecule has 4 aromatic rings. The topological polar surface area (TPSA) is 24.9 Å². The van der Waals surface area contributed by atoms with Crippen LogP contribution in [0.5, 0.6) is 0 Å². The maximum Gasteiger partial charge on any atom is 0.188 e. The van der Waals surface area contributed by atoms with E-state index in [2.05, 4.69) is 28.5 Å². The lowest BCUT2D eigenvalue weighted by Crippen LogP contribution is -1.90. The number of nitrogens with one attached hydrogen (secondary N) is 1. The predicted octanol–water partition coefficient (Wildman–Crippen LogP) is 5.33. The van der Waals surface area contributed by atoms with Crippen LogP contribution < -0.4 is 5.32 Å². The Morgan fingerprint density at radius 1 is 0.952 bits per heavy atom. The molecule has 1 heterocycles. The van der Waals surface area contributed by atoms with Crippen LogP contribution in [0.2, 0.25) is 0 Å². The zero-order chi connectivity index (χ0) is 14.2. The lowest BCUT2D eigenvalue weighted by atomic mass is 10.1. The van der Waals surface area contributed by atoms with Gasteiger partial charge in [-0.3, -0.25) is 0 Å². The molecule has 0 spiro atoms. The molecule has 1 N–H and O–H groups in total. The molecule has 2 nitrogen and oxygen atoms in total. The summed E-state index contributed by atoms with van der Waals surface area (Å²) in [6.45, 7) is 0. The summed E-state index contributed by atoms with van der Waals surface area (Å²) in [4.78, 5) is 4.44. The van der Waals surface area contributed by atoms with Gasteiger partial charge in [0.2, 0.25) is 0 Å². The normalized spacial score (nSPS) is 11.1. The molecule has 0 aliphatic heterocycles. The minimum atomic E-state index is -0.260. The summed E-state index contributed by atoms with van der Waals surface area (Å²) < 4.78 is 14.2. The summed E-state index contributed by atoms with van der Waals surface area (Å²) in [6, 6.07) is 19.0. The first-order valence-corrected chi connectivity index (χ1v) is 7.42. The van der Waals surface area contributed by atoms with Gasteiger partial charge in [0, 0.05) is 17.1 Å². The van der Waals surface area contributed by atoms with Crippen molar-refractivity contribution in [2.75, 3.05) is 5.32 Å². The van der Waals surface area contributed by atoms with Crippen LogP contribution in [-0.4, -0.2) is 4.98 Å². The Labute approximate surface area is 124 Å². The van der Waals surface area contributed by atoms with E-state index in [9.17, 15) is 4.39 Å². The van der Waals surface area contributed by atoms with E-state index in [4.69, 9.17) is 0 Å². The van der Waals surface area contributed by atoms with E-state index in [-0.39, 0.29) is 5.82 Å². The molecule has 1 aromatic heterocycles. The maximum atomic E-state index is 13.2. The van der Waals surface area contributed by atoms with Crippen molar-refractivity contribution < 1.29 is 4.39 Å². The van der Waals surface area contributed by atoms with E-state index in [0.29, 0.717) is 5.52 Å². The van der Waals surface area contributed by atoms with Crippen LogP contribution in [0, 0.1) is 5.82 Å². The summed E-state index contributed by atoms with van der Waals surface area (Å²) >= 11 is 1.52. The Morgan fingerprint density at radius 2 is 1.81 bits per heavy atom. The van der Waals surface area contributed by atoms with Crippen molar-refractivity contribution >= 4 is 43.1 Å². The number of hydrogen-bond donors (Lipinski definition) is 1. The molecule has 0 radical (unpaired) electrons. The van der Waals surface area contributed by atoms with Gasteiger partial charge in [-0.2, -0.15) is 0 Å². The number of halogens is 1. The number of benzene rings is 3. The molecule has 0 unspecified atom stereocenters. The largest absolute Gasteiger partial charge is 0.331 e. The van der Waals surface area contributed by atoms with E-state index < -0.39 is 0 Å². The lowest BCUT2D eigenvalue weighted by Gasteiger charge is -2.06. The first-order chi connectivity index (χ1) is 10.3. The second-order valence-electron chi connectivity index (χ2n) is 4.78. The van der Waals surface area contributed by atoms with E-state index in [0.717, 1.165) is 20.9 Å². The minimum Gasteiger partial charge on any atom is -0.331 e. The molecule has 21 heavy (non-hydrogen) atoms. The SMILES string of the molecule is Fc1ccc2sc(Nc3cccc4ccccc34)nc2c1. The van der Waals surface area contributed by atoms with Gasteiger partial charge in [-0.05, 0) is 23.6 Å². The molecule has 4 heteroatoms. The number of thiazole rings is 1. The molecule has 0 atom stereocenters. The Bertz CT molecular complexity index is 940. The van der Waals surface area contributed by atoms with Crippen molar-refractivity contribution in [1.82, 2.24) is 4.98 Å². The highest BCUT2D eigenvalue weighted by molar-refractivity contribution is 7.22. The first-order valence-electron chi connectivity index (χ1n) is 6.60. The predicted molar refractivity (Wildman–Crippen MR) is 86.8 cm³/mol. The number of aromatic nitrogens is 1. The second-order valence-corrected chi connectivity index (χ2v) is 5.81. The molecule has 0 saturated carbocycles. The van der Waals surface area contributed by atoms with Gasteiger partial charge >= 0.3 is 0 Å². The van der Waals surface area contributed by atoms with Crippen LogP contribution in [0.3, 0.4) is 0 Å². The smallest absolute Gasteiger partial charge is 0.188 e. The van der Waals surface area contributed by atoms with Crippen LogP contribution in [-0.2, 0) is 0 Å². The summed E-state index contributed by atoms with van der Waals surface area (Å²) in [7, 11) is 0. The number of anilines is 2. The number of nitrogens with zero attached hydrogens (tertiary/aromatic N) is 1. The molecule has 0 bridgehead atoms. The Morgan fingerprint density at radius 3 is 2.76 bits per heavy atom. The molecule has 0 saturated heterocycles. The highest BCUT2D eigenvalue weighted by atomic mass is 32.1. The standard InChI is InChI=1S/C17H11FN2S/c18-12-8-9-16-15(10-12)20-17(21-16)19-14-7-3-5-11-4-1-2-6-13(11)14/h1-10H,(H,19,20). The zero-order valence-corrected chi connectivity index (χ0v) is 11.8. The van der Waals surface area contributed by atoms with E-state index in [1.807, 2.05) is 24.3 Å². The summed E-state index contributed by atoms with van der Waals surface area (Å²) in [5.41, 5.74) is 1.69. The fraction of sp³-hybridized carbons (Fsp3) is 0. The zero-order valence-electron chi connectivity index (χ0n) is 11.0. The Kier molecular flexibility index (Phi) is 2.82. The van der Waals surface area contributed by atoms with E-state index >= 15 is 0 Å². The molecule has 0 aliphatic rings. The molecule has 0 amide bonds. The fourth-order valence-corrected chi connectivity index (χ4v) is 3.26. The highest BCUT2D eigenvalue weighted by Gasteiger charge is 2.06. The van der Waals surface area contributed by atoms with E-state index in [1.54, 1.807) is 6.07 Å².